The first-order valence-electron chi connectivity index (χ1n) is 7.28. The van der Waals surface area contributed by atoms with Crippen molar-refractivity contribution in [3.8, 4) is 0 Å². The van der Waals surface area contributed by atoms with Gasteiger partial charge in [-0.15, -0.1) is 0 Å². The summed E-state index contributed by atoms with van der Waals surface area (Å²) in [6.07, 6.45) is 0.873. The quantitative estimate of drug-likeness (QED) is 0.458. The SMILES string of the molecule is CO[Si](CCCNCC(C)C(=O)O[Si](C)(C)C)(OC)OC. The van der Waals surface area contributed by atoms with Crippen LogP contribution in [0.2, 0.25) is 25.7 Å². The standard InChI is InChI=1S/C13H31NO5Si2/c1-12(13(15)19-20(5,6)7)11-14-9-8-10-21(16-2,17-3)18-4/h12,14H,8-11H2,1-7H3. The molecule has 21 heavy (non-hydrogen) atoms. The van der Waals surface area contributed by atoms with E-state index in [2.05, 4.69) is 5.32 Å². The molecule has 8 heteroatoms. The molecule has 0 amide bonds. The minimum absolute atomic E-state index is 0.115. The van der Waals surface area contributed by atoms with Crippen LogP contribution in [0.25, 0.3) is 0 Å². The van der Waals surface area contributed by atoms with Crippen molar-refractivity contribution in [2.45, 2.75) is 39.0 Å². The van der Waals surface area contributed by atoms with Crippen molar-refractivity contribution >= 4 is 23.1 Å². The number of rotatable bonds is 11. The lowest BCUT2D eigenvalue weighted by Crippen LogP contribution is -2.43. The van der Waals surface area contributed by atoms with Crippen LogP contribution in [0, 0.1) is 5.92 Å². The first-order valence-corrected chi connectivity index (χ1v) is 12.6. The minimum atomic E-state index is -2.47. The summed E-state index contributed by atoms with van der Waals surface area (Å²) in [4.78, 5) is 11.8. The van der Waals surface area contributed by atoms with Gasteiger partial charge in [0.05, 0.1) is 5.92 Å². The van der Waals surface area contributed by atoms with E-state index in [1.54, 1.807) is 21.3 Å². The fraction of sp³-hybridized carbons (Fsp3) is 0.923. The molecule has 0 heterocycles. The molecule has 0 aliphatic carbocycles. The van der Waals surface area contributed by atoms with Crippen LogP contribution in [0.15, 0.2) is 0 Å². The maximum Gasteiger partial charge on any atom is 0.500 e. The molecule has 0 aromatic carbocycles. The molecule has 0 spiro atoms. The Morgan fingerprint density at radius 1 is 1.10 bits per heavy atom. The molecule has 0 aromatic heterocycles. The molecule has 0 aliphatic heterocycles. The van der Waals surface area contributed by atoms with Gasteiger partial charge in [0.1, 0.15) is 0 Å². The van der Waals surface area contributed by atoms with Crippen LogP contribution in [0.3, 0.4) is 0 Å². The average molecular weight is 338 g/mol. The Balaban J connectivity index is 3.92. The van der Waals surface area contributed by atoms with Crippen molar-refractivity contribution in [1.82, 2.24) is 5.32 Å². The van der Waals surface area contributed by atoms with E-state index in [1.807, 2.05) is 26.6 Å². The summed E-state index contributed by atoms with van der Waals surface area (Å²) in [5.41, 5.74) is 0. The van der Waals surface area contributed by atoms with Gasteiger partial charge in [-0.3, -0.25) is 4.79 Å². The van der Waals surface area contributed by atoms with Gasteiger partial charge in [-0.05, 0) is 32.6 Å². The Kier molecular flexibility index (Phi) is 9.58. The van der Waals surface area contributed by atoms with Crippen molar-refractivity contribution in [3.63, 3.8) is 0 Å². The van der Waals surface area contributed by atoms with Crippen LogP contribution < -0.4 is 5.32 Å². The fourth-order valence-electron chi connectivity index (χ4n) is 1.79. The van der Waals surface area contributed by atoms with E-state index in [0.29, 0.717) is 6.54 Å². The lowest BCUT2D eigenvalue weighted by molar-refractivity contribution is -0.138. The number of nitrogens with one attached hydrogen (secondary N) is 1. The van der Waals surface area contributed by atoms with Gasteiger partial charge in [0.2, 0.25) is 8.32 Å². The summed E-state index contributed by atoms with van der Waals surface area (Å²) in [7, 11) is 0.564. The number of hydrogen-bond donors (Lipinski definition) is 1. The van der Waals surface area contributed by atoms with Crippen LogP contribution in [-0.2, 0) is 22.5 Å². The van der Waals surface area contributed by atoms with Crippen molar-refractivity contribution in [1.29, 1.82) is 0 Å². The molecule has 1 N–H and O–H groups in total. The molecule has 0 saturated heterocycles. The third-order valence-corrected chi connectivity index (χ3v) is 6.67. The van der Waals surface area contributed by atoms with Crippen LogP contribution in [0.5, 0.6) is 0 Å². The van der Waals surface area contributed by atoms with Crippen LogP contribution >= 0.6 is 0 Å². The van der Waals surface area contributed by atoms with Gasteiger partial charge in [0, 0.05) is 33.9 Å². The fourth-order valence-corrected chi connectivity index (χ4v) is 4.32. The van der Waals surface area contributed by atoms with Crippen molar-refractivity contribution in [2.24, 2.45) is 5.92 Å². The molecule has 126 valence electrons. The summed E-state index contributed by atoms with van der Waals surface area (Å²) in [5, 5.41) is 3.27. The monoisotopic (exact) mass is 337 g/mol. The second-order valence-electron chi connectivity index (χ2n) is 6.04. The molecule has 1 unspecified atom stereocenters. The molecule has 0 bridgehead atoms. The zero-order valence-corrected chi connectivity index (χ0v) is 16.4. The Morgan fingerprint density at radius 2 is 1.62 bits per heavy atom. The molecular formula is C13H31NO5Si2. The number of hydrogen-bond acceptors (Lipinski definition) is 6. The molecular weight excluding hydrogens is 306 g/mol. The Morgan fingerprint density at radius 3 is 2.05 bits per heavy atom. The summed E-state index contributed by atoms with van der Waals surface area (Å²) >= 11 is 0. The van der Waals surface area contributed by atoms with Gasteiger partial charge in [-0.2, -0.15) is 0 Å². The van der Waals surface area contributed by atoms with E-state index in [-0.39, 0.29) is 11.9 Å². The van der Waals surface area contributed by atoms with Gasteiger partial charge >= 0.3 is 8.80 Å². The predicted molar refractivity (Wildman–Crippen MR) is 87.7 cm³/mol. The van der Waals surface area contributed by atoms with Gasteiger partial charge < -0.3 is 23.0 Å². The van der Waals surface area contributed by atoms with Crippen LogP contribution in [0.1, 0.15) is 13.3 Å². The van der Waals surface area contributed by atoms with Crippen LogP contribution in [0.4, 0.5) is 0 Å². The highest BCUT2D eigenvalue weighted by atomic mass is 28.4. The zero-order chi connectivity index (χ0) is 16.5. The highest BCUT2D eigenvalue weighted by molar-refractivity contribution is 6.71. The molecule has 0 rings (SSSR count). The predicted octanol–water partition coefficient (Wildman–Crippen LogP) is 1.86. The summed E-state index contributed by atoms with van der Waals surface area (Å²) in [5.74, 6) is -0.248. The lowest BCUT2D eigenvalue weighted by Gasteiger charge is -2.24. The first-order chi connectivity index (χ1) is 9.69. The first kappa shape index (κ1) is 20.7. The second kappa shape index (κ2) is 9.70. The molecule has 0 radical (unpaired) electrons. The normalized spacial score (nSPS) is 14.0. The second-order valence-corrected chi connectivity index (χ2v) is 13.6. The van der Waals surface area contributed by atoms with E-state index in [4.69, 9.17) is 17.7 Å². The van der Waals surface area contributed by atoms with E-state index < -0.39 is 17.1 Å². The van der Waals surface area contributed by atoms with Gasteiger partial charge in [0.25, 0.3) is 5.97 Å². The summed E-state index contributed by atoms with van der Waals surface area (Å²) in [6.45, 7) is 9.31. The molecule has 0 aliphatic rings. The lowest BCUT2D eigenvalue weighted by atomic mass is 10.2. The summed E-state index contributed by atoms with van der Waals surface area (Å²) < 4.78 is 21.5. The Labute approximate surface area is 131 Å². The molecule has 0 saturated carbocycles. The van der Waals surface area contributed by atoms with E-state index >= 15 is 0 Å². The Hall–Kier alpha value is -0.256. The van der Waals surface area contributed by atoms with E-state index in [1.165, 1.54) is 0 Å². The number of carbonyl (C=O) groups is 1. The average Bonchev–Trinajstić information content (AvgIpc) is 2.41. The minimum Gasteiger partial charge on any atom is -0.520 e. The van der Waals surface area contributed by atoms with Gasteiger partial charge in [-0.25, -0.2) is 0 Å². The maximum absolute atomic E-state index is 11.8. The highest BCUT2D eigenvalue weighted by Gasteiger charge is 2.36. The van der Waals surface area contributed by atoms with E-state index in [9.17, 15) is 4.79 Å². The van der Waals surface area contributed by atoms with Gasteiger partial charge in [0.15, 0.2) is 0 Å². The number of carbonyl (C=O) groups excluding carboxylic acids is 1. The largest absolute Gasteiger partial charge is 0.520 e. The molecule has 0 fully saturated rings. The highest BCUT2D eigenvalue weighted by Crippen LogP contribution is 2.14. The molecule has 6 nitrogen and oxygen atoms in total. The maximum atomic E-state index is 11.8. The third kappa shape index (κ3) is 8.69. The molecule has 1 atom stereocenters. The topological polar surface area (TPSA) is 66.0 Å². The van der Waals surface area contributed by atoms with E-state index in [0.717, 1.165) is 19.0 Å². The smallest absolute Gasteiger partial charge is 0.500 e. The molecule has 0 aromatic rings. The van der Waals surface area contributed by atoms with Gasteiger partial charge in [-0.1, -0.05) is 6.92 Å². The van der Waals surface area contributed by atoms with Crippen molar-refractivity contribution in [2.75, 3.05) is 34.4 Å². The van der Waals surface area contributed by atoms with Crippen LogP contribution in [-0.4, -0.2) is 57.5 Å². The van der Waals surface area contributed by atoms with Crippen molar-refractivity contribution in [3.05, 3.63) is 0 Å². The zero-order valence-electron chi connectivity index (χ0n) is 14.4. The third-order valence-electron chi connectivity index (χ3n) is 3.03. The Bertz CT molecular complexity index is 297. The summed E-state index contributed by atoms with van der Waals surface area (Å²) in [6, 6.07) is 0.747. The van der Waals surface area contributed by atoms with Crippen molar-refractivity contribution < 1.29 is 22.5 Å².